The molecular weight excluding hydrogens is 276 g/mol. The van der Waals surface area contributed by atoms with Crippen LogP contribution in [0.4, 0.5) is 0 Å². The quantitative estimate of drug-likeness (QED) is 0.675. The van der Waals surface area contributed by atoms with E-state index in [0.717, 1.165) is 24.9 Å². The Bertz CT molecular complexity index is 631. The molecule has 0 fully saturated rings. The normalized spacial score (nSPS) is 11.5. The van der Waals surface area contributed by atoms with Gasteiger partial charge in [-0.05, 0) is 25.0 Å². The van der Waals surface area contributed by atoms with E-state index in [1.54, 1.807) is 6.33 Å². The first kappa shape index (κ1) is 16.0. The second-order valence-electron chi connectivity index (χ2n) is 5.31. The fourth-order valence-electron chi connectivity index (χ4n) is 2.18. The highest BCUT2D eigenvalue weighted by Crippen LogP contribution is 2.09. The van der Waals surface area contributed by atoms with E-state index < -0.39 is 0 Å². The molecular formula is C16H24N6. The monoisotopic (exact) mass is 300 g/mol. The van der Waals surface area contributed by atoms with Crippen LogP contribution in [0.5, 0.6) is 0 Å². The number of nitrogens with zero attached hydrogens (tertiary/aromatic N) is 5. The van der Waals surface area contributed by atoms with Crippen molar-refractivity contribution in [2.45, 2.75) is 26.9 Å². The van der Waals surface area contributed by atoms with Crippen LogP contribution in [-0.2, 0) is 20.1 Å². The van der Waals surface area contributed by atoms with Crippen LogP contribution in [0.1, 0.15) is 23.9 Å². The first-order chi connectivity index (χ1) is 10.6. The zero-order chi connectivity index (χ0) is 15.9. The first-order valence-corrected chi connectivity index (χ1v) is 7.48. The Morgan fingerprint density at radius 1 is 1.36 bits per heavy atom. The minimum Gasteiger partial charge on any atom is -0.357 e. The molecule has 1 heterocycles. The van der Waals surface area contributed by atoms with Crippen molar-refractivity contribution in [1.82, 2.24) is 25.0 Å². The van der Waals surface area contributed by atoms with Crippen LogP contribution in [0.15, 0.2) is 35.6 Å². The summed E-state index contributed by atoms with van der Waals surface area (Å²) in [5.41, 5.74) is 2.59. The lowest BCUT2D eigenvalue weighted by atomic mass is 10.1. The second-order valence-corrected chi connectivity index (χ2v) is 5.31. The van der Waals surface area contributed by atoms with E-state index >= 15 is 0 Å². The third kappa shape index (κ3) is 4.07. The molecule has 0 bridgehead atoms. The average Bonchev–Trinajstić information content (AvgIpc) is 2.91. The van der Waals surface area contributed by atoms with E-state index in [2.05, 4.69) is 63.5 Å². The highest BCUT2D eigenvalue weighted by atomic mass is 15.3. The maximum Gasteiger partial charge on any atom is 0.194 e. The van der Waals surface area contributed by atoms with Crippen LogP contribution < -0.4 is 5.32 Å². The van der Waals surface area contributed by atoms with Gasteiger partial charge < -0.3 is 14.8 Å². The smallest absolute Gasteiger partial charge is 0.194 e. The molecule has 0 spiro atoms. The Morgan fingerprint density at radius 3 is 2.77 bits per heavy atom. The largest absolute Gasteiger partial charge is 0.357 e. The molecule has 0 saturated heterocycles. The van der Waals surface area contributed by atoms with Crippen molar-refractivity contribution in [2.75, 3.05) is 13.6 Å². The van der Waals surface area contributed by atoms with Crippen molar-refractivity contribution in [3.63, 3.8) is 0 Å². The predicted octanol–water partition coefficient (Wildman–Crippen LogP) is 1.72. The zero-order valence-corrected chi connectivity index (χ0v) is 13.7. The van der Waals surface area contributed by atoms with Gasteiger partial charge in [0.25, 0.3) is 0 Å². The molecule has 2 aromatic rings. The maximum absolute atomic E-state index is 4.65. The van der Waals surface area contributed by atoms with Gasteiger partial charge in [0, 0.05) is 27.2 Å². The van der Waals surface area contributed by atoms with E-state index in [-0.39, 0.29) is 0 Å². The summed E-state index contributed by atoms with van der Waals surface area (Å²) in [5, 5.41) is 11.3. The van der Waals surface area contributed by atoms with Crippen LogP contribution in [0.25, 0.3) is 0 Å². The Labute approximate surface area is 131 Å². The molecule has 0 saturated carbocycles. The number of aryl methyl sites for hydroxylation is 2. The van der Waals surface area contributed by atoms with Gasteiger partial charge in [-0.3, -0.25) is 0 Å². The third-order valence-electron chi connectivity index (χ3n) is 3.54. The topological polar surface area (TPSA) is 58.3 Å². The number of aromatic nitrogens is 3. The van der Waals surface area contributed by atoms with Crippen LogP contribution in [-0.4, -0.2) is 39.2 Å². The number of aliphatic imine (C=N–C) groups is 1. The fraction of sp³-hybridized carbons (Fsp3) is 0.438. The predicted molar refractivity (Wildman–Crippen MR) is 88.5 cm³/mol. The summed E-state index contributed by atoms with van der Waals surface area (Å²) in [6.07, 6.45) is 1.69. The van der Waals surface area contributed by atoms with Gasteiger partial charge in [-0.1, -0.05) is 24.3 Å². The first-order valence-electron chi connectivity index (χ1n) is 7.48. The van der Waals surface area contributed by atoms with Crippen molar-refractivity contribution in [3.8, 4) is 0 Å². The molecule has 118 valence electrons. The van der Waals surface area contributed by atoms with E-state index in [0.29, 0.717) is 6.54 Å². The standard InChI is InChI=1S/C16H24N6/c1-5-17-16(18-10-15-20-19-12-22(15)4)21(3)11-14-9-7-6-8-13(14)2/h6-9,12H,5,10-11H2,1-4H3,(H,17,18). The molecule has 0 radical (unpaired) electrons. The van der Waals surface area contributed by atoms with Crippen molar-refractivity contribution >= 4 is 5.96 Å². The second kappa shape index (κ2) is 7.59. The van der Waals surface area contributed by atoms with Gasteiger partial charge in [-0.15, -0.1) is 10.2 Å². The van der Waals surface area contributed by atoms with E-state index in [1.807, 2.05) is 18.7 Å². The Balaban J connectivity index is 2.09. The van der Waals surface area contributed by atoms with E-state index in [4.69, 9.17) is 0 Å². The van der Waals surface area contributed by atoms with Crippen molar-refractivity contribution in [3.05, 3.63) is 47.5 Å². The molecule has 0 atom stereocenters. The third-order valence-corrected chi connectivity index (χ3v) is 3.54. The Kier molecular flexibility index (Phi) is 5.52. The number of hydrogen-bond donors (Lipinski definition) is 1. The van der Waals surface area contributed by atoms with Crippen molar-refractivity contribution in [1.29, 1.82) is 0 Å². The van der Waals surface area contributed by atoms with Gasteiger partial charge in [-0.2, -0.15) is 0 Å². The summed E-state index contributed by atoms with van der Waals surface area (Å²) in [4.78, 5) is 6.78. The van der Waals surface area contributed by atoms with Crippen LogP contribution in [0.2, 0.25) is 0 Å². The van der Waals surface area contributed by atoms with Gasteiger partial charge in [0.15, 0.2) is 11.8 Å². The molecule has 2 rings (SSSR count). The molecule has 0 amide bonds. The number of nitrogens with one attached hydrogen (secondary N) is 1. The fourth-order valence-corrected chi connectivity index (χ4v) is 2.18. The van der Waals surface area contributed by atoms with Gasteiger partial charge in [-0.25, -0.2) is 4.99 Å². The molecule has 1 N–H and O–H groups in total. The zero-order valence-electron chi connectivity index (χ0n) is 13.7. The lowest BCUT2D eigenvalue weighted by molar-refractivity contribution is 0.475. The molecule has 1 aromatic carbocycles. The van der Waals surface area contributed by atoms with E-state index in [1.165, 1.54) is 11.1 Å². The lowest BCUT2D eigenvalue weighted by Gasteiger charge is -2.23. The lowest BCUT2D eigenvalue weighted by Crippen LogP contribution is -2.38. The summed E-state index contributed by atoms with van der Waals surface area (Å²) in [6, 6.07) is 8.41. The van der Waals surface area contributed by atoms with Crippen LogP contribution in [0, 0.1) is 6.92 Å². The highest BCUT2D eigenvalue weighted by molar-refractivity contribution is 5.79. The summed E-state index contributed by atoms with van der Waals surface area (Å²) in [6.45, 7) is 6.36. The molecule has 0 aliphatic rings. The number of guanidine groups is 1. The molecule has 22 heavy (non-hydrogen) atoms. The molecule has 0 aliphatic carbocycles. The van der Waals surface area contributed by atoms with E-state index in [9.17, 15) is 0 Å². The highest BCUT2D eigenvalue weighted by Gasteiger charge is 2.08. The SMILES string of the molecule is CCNC(=NCc1nncn1C)N(C)Cc1ccccc1C. The van der Waals surface area contributed by atoms with Gasteiger partial charge in [0.1, 0.15) is 12.9 Å². The molecule has 6 nitrogen and oxygen atoms in total. The molecule has 0 unspecified atom stereocenters. The minimum absolute atomic E-state index is 0.511. The van der Waals surface area contributed by atoms with Crippen LogP contribution >= 0.6 is 0 Å². The molecule has 6 heteroatoms. The maximum atomic E-state index is 4.65. The summed E-state index contributed by atoms with van der Waals surface area (Å²) < 4.78 is 1.88. The van der Waals surface area contributed by atoms with Gasteiger partial charge in [0.05, 0.1) is 0 Å². The summed E-state index contributed by atoms with van der Waals surface area (Å²) in [7, 11) is 3.97. The van der Waals surface area contributed by atoms with Gasteiger partial charge in [0.2, 0.25) is 0 Å². The van der Waals surface area contributed by atoms with Gasteiger partial charge >= 0.3 is 0 Å². The minimum atomic E-state index is 0.511. The average molecular weight is 300 g/mol. The number of hydrogen-bond acceptors (Lipinski definition) is 3. The number of rotatable bonds is 5. The van der Waals surface area contributed by atoms with Crippen molar-refractivity contribution < 1.29 is 0 Å². The van der Waals surface area contributed by atoms with Crippen molar-refractivity contribution in [2.24, 2.45) is 12.0 Å². The van der Waals surface area contributed by atoms with Crippen LogP contribution in [0.3, 0.4) is 0 Å². The molecule has 0 aliphatic heterocycles. The summed E-state index contributed by atoms with van der Waals surface area (Å²) >= 11 is 0. The number of benzene rings is 1. The summed E-state index contributed by atoms with van der Waals surface area (Å²) in [5.74, 6) is 1.72. The Morgan fingerprint density at radius 2 is 2.14 bits per heavy atom. The Hall–Kier alpha value is -2.37. The molecule has 1 aromatic heterocycles.